The largest absolute Gasteiger partial charge is 0.404 e. The zero-order valence-electron chi connectivity index (χ0n) is 14.3. The second-order valence-electron chi connectivity index (χ2n) is 5.69. The smallest absolute Gasteiger partial charge is 0.262 e. The number of aromatic nitrogens is 1. The molecule has 0 aliphatic rings. The minimum atomic E-state index is -2.86. The minimum absolute atomic E-state index is 0.387. The van der Waals surface area contributed by atoms with Gasteiger partial charge < -0.3 is 16.5 Å². The quantitative estimate of drug-likeness (QED) is 0.384. The van der Waals surface area contributed by atoms with Crippen molar-refractivity contribution in [2.75, 3.05) is 5.32 Å². The monoisotopic (exact) mass is 388 g/mol. The zero-order chi connectivity index (χ0) is 19.9. The molecule has 2 rings (SSSR count). The van der Waals surface area contributed by atoms with Gasteiger partial charge in [0.1, 0.15) is 0 Å². The zero-order valence-corrected chi connectivity index (χ0v) is 15.5. The predicted molar refractivity (Wildman–Crippen MR) is 108 cm³/mol. The second kappa shape index (κ2) is 9.14. The molecule has 1 aromatic heterocycles. The molecule has 0 radical (unpaired) electrons. The number of carbonyl (C=O) groups is 1. The molecule has 0 bridgehead atoms. The van der Waals surface area contributed by atoms with E-state index in [2.05, 4.69) is 10.3 Å². The Hall–Kier alpha value is -2.92. The van der Waals surface area contributed by atoms with E-state index in [9.17, 15) is 13.6 Å². The number of nitrogens with two attached hydrogens (primary N) is 1. The molecule has 4 N–H and O–H groups in total. The van der Waals surface area contributed by atoms with Crippen LogP contribution in [-0.2, 0) is 11.2 Å². The van der Waals surface area contributed by atoms with Gasteiger partial charge >= 0.3 is 0 Å². The summed E-state index contributed by atoms with van der Waals surface area (Å²) in [4.78, 5) is 16.1. The number of pyridine rings is 1. The van der Waals surface area contributed by atoms with Gasteiger partial charge in [0.2, 0.25) is 5.91 Å². The van der Waals surface area contributed by atoms with Gasteiger partial charge in [0, 0.05) is 54.1 Å². The first-order valence-electron chi connectivity index (χ1n) is 7.94. The summed E-state index contributed by atoms with van der Waals surface area (Å²) < 4.78 is 25.9. The molecule has 27 heavy (non-hydrogen) atoms. The van der Waals surface area contributed by atoms with Gasteiger partial charge in [0.05, 0.1) is 0 Å². The molecule has 0 aliphatic heterocycles. The summed E-state index contributed by atoms with van der Waals surface area (Å²) in [6.07, 6.45) is 8.05. The van der Waals surface area contributed by atoms with Crippen LogP contribution in [0.4, 0.5) is 14.5 Å². The summed E-state index contributed by atoms with van der Waals surface area (Å²) in [5.74, 6) is -0.387. The molecule has 140 valence electrons. The van der Waals surface area contributed by atoms with E-state index in [1.165, 1.54) is 21.5 Å². The Labute approximate surface area is 158 Å². The lowest BCUT2D eigenvalue weighted by Gasteiger charge is -2.10. The van der Waals surface area contributed by atoms with Gasteiger partial charge in [-0.2, -0.15) is 0 Å². The van der Waals surface area contributed by atoms with Crippen LogP contribution in [-0.4, -0.2) is 22.8 Å². The van der Waals surface area contributed by atoms with Crippen molar-refractivity contribution in [1.29, 1.82) is 5.41 Å². The van der Waals surface area contributed by atoms with E-state index in [4.69, 9.17) is 11.1 Å². The number of hydrogen-bond acceptors (Lipinski definition) is 4. The molecule has 1 amide bonds. The van der Waals surface area contributed by atoms with Crippen molar-refractivity contribution in [3.05, 3.63) is 71.7 Å². The highest BCUT2D eigenvalue weighted by molar-refractivity contribution is 7.18. The molecule has 5 nitrogen and oxygen atoms in total. The maximum atomic E-state index is 13.0. The first-order valence-corrected chi connectivity index (χ1v) is 8.51. The number of alkyl halides is 2. The fourth-order valence-corrected chi connectivity index (χ4v) is 2.58. The lowest BCUT2D eigenvalue weighted by molar-refractivity contribution is -0.111. The summed E-state index contributed by atoms with van der Waals surface area (Å²) >= 11 is 0. The third-order valence-corrected chi connectivity index (χ3v) is 3.78. The van der Waals surface area contributed by atoms with Crippen LogP contribution in [0, 0.1) is 5.41 Å². The highest BCUT2D eigenvalue weighted by atomic mass is 31.0. The number of halogens is 2. The number of nitrogens with zero attached hydrogens (tertiary/aromatic N) is 1. The standard InChI is InChI=1S/C19H19F2N4OP/c20-19(21,27)9-13-1-4-16(5-2-13)25-18(26)6-3-14-12-24-8-7-17(14)15(10-22)11-23/h1-8,10-12,22H,9,23,27H2,(H,25,26)/b6-3+,15-11+,22-10?. The maximum Gasteiger partial charge on any atom is 0.262 e. The molecule has 8 heteroatoms. The van der Waals surface area contributed by atoms with Crippen molar-refractivity contribution in [2.45, 2.75) is 12.1 Å². The molecule has 0 spiro atoms. The molecule has 1 aromatic carbocycles. The van der Waals surface area contributed by atoms with Crippen molar-refractivity contribution in [1.82, 2.24) is 4.98 Å². The first-order chi connectivity index (χ1) is 12.8. The van der Waals surface area contributed by atoms with Crippen LogP contribution in [0.2, 0.25) is 0 Å². The molecule has 1 unspecified atom stereocenters. The van der Waals surface area contributed by atoms with Gasteiger partial charge in [-0.15, -0.1) is 0 Å². The van der Waals surface area contributed by atoms with Gasteiger partial charge in [0.15, 0.2) is 0 Å². The Kier molecular flexibility index (Phi) is 6.91. The summed E-state index contributed by atoms with van der Waals surface area (Å²) in [6, 6.07) is 7.91. The number of hydrogen-bond donors (Lipinski definition) is 3. The number of amides is 1. The van der Waals surface area contributed by atoms with Crippen LogP contribution < -0.4 is 11.1 Å². The Morgan fingerprint density at radius 1 is 1.30 bits per heavy atom. The summed E-state index contributed by atoms with van der Waals surface area (Å²) in [6.45, 7) is 0. The maximum absolute atomic E-state index is 13.0. The van der Waals surface area contributed by atoms with Crippen LogP contribution in [0.1, 0.15) is 16.7 Å². The van der Waals surface area contributed by atoms with Crippen molar-refractivity contribution >= 4 is 38.7 Å². The molecule has 0 saturated carbocycles. The third-order valence-electron chi connectivity index (χ3n) is 3.57. The summed E-state index contributed by atoms with van der Waals surface area (Å²) in [5, 5.41) is 10.0. The van der Waals surface area contributed by atoms with Crippen LogP contribution in [0.25, 0.3) is 11.6 Å². The number of benzene rings is 1. The molecular formula is C19H19F2N4OP. The molecule has 0 aliphatic carbocycles. The lowest BCUT2D eigenvalue weighted by Crippen LogP contribution is -2.10. The van der Waals surface area contributed by atoms with E-state index in [0.717, 1.165) is 6.21 Å². The van der Waals surface area contributed by atoms with Crippen LogP contribution >= 0.6 is 9.24 Å². The molecule has 2 aromatic rings. The van der Waals surface area contributed by atoms with Crippen LogP contribution in [0.5, 0.6) is 0 Å². The predicted octanol–water partition coefficient (Wildman–Crippen LogP) is 3.69. The molecule has 1 atom stereocenters. The van der Waals surface area contributed by atoms with E-state index in [0.29, 0.717) is 28.0 Å². The number of rotatable bonds is 7. The van der Waals surface area contributed by atoms with Crippen LogP contribution in [0.3, 0.4) is 0 Å². The second-order valence-corrected chi connectivity index (χ2v) is 6.53. The Bertz CT molecular complexity index is 874. The van der Waals surface area contributed by atoms with Crippen molar-refractivity contribution in [3.8, 4) is 0 Å². The van der Waals surface area contributed by atoms with E-state index < -0.39 is 5.66 Å². The minimum Gasteiger partial charge on any atom is -0.404 e. The first kappa shape index (κ1) is 20.4. The lowest BCUT2D eigenvalue weighted by atomic mass is 10.0. The average molecular weight is 388 g/mol. The van der Waals surface area contributed by atoms with Crippen LogP contribution in [0.15, 0.2) is 55.0 Å². The van der Waals surface area contributed by atoms with Gasteiger partial charge in [0.25, 0.3) is 5.66 Å². The summed E-state index contributed by atoms with van der Waals surface area (Å²) in [5.41, 5.74) is 5.42. The molecule has 1 heterocycles. The van der Waals surface area contributed by atoms with Gasteiger partial charge in [-0.1, -0.05) is 21.4 Å². The molecule has 0 fully saturated rings. The number of anilines is 1. The topological polar surface area (TPSA) is 91.9 Å². The van der Waals surface area contributed by atoms with E-state index in [1.54, 1.807) is 48.8 Å². The third kappa shape index (κ3) is 6.38. The van der Waals surface area contributed by atoms with Gasteiger partial charge in [-0.3, -0.25) is 9.78 Å². The highest BCUT2D eigenvalue weighted by Gasteiger charge is 2.21. The van der Waals surface area contributed by atoms with Gasteiger partial charge in [-0.25, -0.2) is 8.78 Å². The average Bonchev–Trinajstić information content (AvgIpc) is 2.62. The molecular weight excluding hydrogens is 369 g/mol. The van der Waals surface area contributed by atoms with Crippen molar-refractivity contribution in [2.24, 2.45) is 5.73 Å². The van der Waals surface area contributed by atoms with E-state index in [1.807, 2.05) is 0 Å². The Morgan fingerprint density at radius 3 is 2.59 bits per heavy atom. The number of allylic oxidation sites excluding steroid dienone is 1. The number of nitrogens with one attached hydrogen (secondary N) is 2. The fraction of sp³-hybridized carbons (Fsp3) is 0.105. The van der Waals surface area contributed by atoms with E-state index in [-0.39, 0.29) is 12.3 Å². The fourth-order valence-electron chi connectivity index (χ4n) is 2.35. The highest BCUT2D eigenvalue weighted by Crippen LogP contribution is 2.27. The van der Waals surface area contributed by atoms with Gasteiger partial charge in [-0.05, 0) is 35.4 Å². The Balaban J connectivity index is 2.07. The summed E-state index contributed by atoms with van der Waals surface area (Å²) in [7, 11) is 1.50. The molecule has 0 saturated heterocycles. The number of carbonyl (C=O) groups excluding carboxylic acids is 1. The van der Waals surface area contributed by atoms with Crippen molar-refractivity contribution < 1.29 is 13.6 Å². The SMILES string of the molecule is N=C/C(=C\N)c1ccncc1/C=C/C(=O)Nc1ccc(CC(F)(F)P)cc1. The van der Waals surface area contributed by atoms with Crippen molar-refractivity contribution in [3.63, 3.8) is 0 Å². The van der Waals surface area contributed by atoms with E-state index >= 15 is 0 Å². The Morgan fingerprint density at radius 2 is 2.00 bits per heavy atom. The normalized spacial score (nSPS) is 12.2.